The number of hydrogen-bond donors (Lipinski definition) is 1. The van der Waals surface area contributed by atoms with Gasteiger partial charge in [0.2, 0.25) is 0 Å². The second kappa shape index (κ2) is 7.90. The molecule has 0 saturated carbocycles. The van der Waals surface area contributed by atoms with E-state index >= 15 is 0 Å². The summed E-state index contributed by atoms with van der Waals surface area (Å²) in [6.45, 7) is 2.56. The molecule has 1 aliphatic rings. The van der Waals surface area contributed by atoms with E-state index in [1.807, 2.05) is 49.4 Å². The Bertz CT molecular complexity index is 996. The zero-order chi connectivity index (χ0) is 19.5. The fourth-order valence-electron chi connectivity index (χ4n) is 2.98. The fraction of sp³-hybridized carbons (Fsp3) is 0.238. The van der Waals surface area contributed by atoms with Gasteiger partial charge in [-0.3, -0.25) is 4.79 Å². The predicted molar refractivity (Wildman–Crippen MR) is 106 cm³/mol. The second-order valence-electron chi connectivity index (χ2n) is 6.42. The quantitative estimate of drug-likeness (QED) is 0.665. The first-order valence-corrected chi connectivity index (χ1v) is 9.76. The lowest BCUT2D eigenvalue weighted by molar-refractivity contribution is -0.124. The van der Waals surface area contributed by atoms with E-state index in [1.54, 1.807) is 6.07 Å². The van der Waals surface area contributed by atoms with Crippen molar-refractivity contribution in [3.8, 4) is 11.5 Å². The molecule has 1 amide bonds. The number of ether oxygens (including phenoxy) is 3. The molecule has 6 nitrogen and oxygen atoms in total. The molecule has 144 valence electrons. The number of esters is 1. The van der Waals surface area contributed by atoms with Gasteiger partial charge in [0.25, 0.3) is 5.91 Å². The molecule has 2 aromatic carbocycles. The van der Waals surface area contributed by atoms with E-state index in [1.165, 1.54) is 11.3 Å². The maximum atomic E-state index is 12.2. The Morgan fingerprint density at radius 2 is 1.89 bits per heavy atom. The van der Waals surface area contributed by atoms with Crippen molar-refractivity contribution in [1.82, 2.24) is 5.32 Å². The van der Waals surface area contributed by atoms with Gasteiger partial charge in [0.1, 0.15) is 18.1 Å². The van der Waals surface area contributed by atoms with E-state index in [4.69, 9.17) is 14.2 Å². The highest BCUT2D eigenvalue weighted by Gasteiger charge is 2.17. The van der Waals surface area contributed by atoms with Gasteiger partial charge in [0.15, 0.2) is 18.1 Å². The van der Waals surface area contributed by atoms with Crippen LogP contribution < -0.4 is 14.8 Å². The molecule has 2 heterocycles. The van der Waals surface area contributed by atoms with Crippen molar-refractivity contribution in [1.29, 1.82) is 0 Å². The number of hydrogen-bond acceptors (Lipinski definition) is 6. The normalized spacial score (nSPS) is 13.8. The van der Waals surface area contributed by atoms with Gasteiger partial charge in [-0.2, -0.15) is 0 Å². The van der Waals surface area contributed by atoms with Gasteiger partial charge in [-0.15, -0.1) is 11.3 Å². The van der Waals surface area contributed by atoms with Gasteiger partial charge >= 0.3 is 5.97 Å². The van der Waals surface area contributed by atoms with E-state index in [0.29, 0.717) is 29.6 Å². The number of nitrogens with one attached hydrogen (secondary N) is 1. The molecule has 0 spiro atoms. The van der Waals surface area contributed by atoms with Crippen LogP contribution in [0.3, 0.4) is 0 Å². The second-order valence-corrected chi connectivity index (χ2v) is 7.50. The lowest BCUT2D eigenvalue weighted by atomic mass is 10.1. The largest absolute Gasteiger partial charge is 0.486 e. The summed E-state index contributed by atoms with van der Waals surface area (Å²) >= 11 is 1.35. The van der Waals surface area contributed by atoms with Crippen molar-refractivity contribution < 1.29 is 23.8 Å². The van der Waals surface area contributed by atoms with Gasteiger partial charge in [0, 0.05) is 4.70 Å². The summed E-state index contributed by atoms with van der Waals surface area (Å²) in [5.74, 6) is 0.506. The minimum Gasteiger partial charge on any atom is -0.486 e. The molecule has 1 aliphatic heterocycles. The molecule has 0 aliphatic carbocycles. The number of rotatable bonds is 5. The van der Waals surface area contributed by atoms with Gasteiger partial charge < -0.3 is 19.5 Å². The van der Waals surface area contributed by atoms with Crippen molar-refractivity contribution in [3.05, 3.63) is 59.0 Å². The first-order chi connectivity index (χ1) is 13.6. The van der Waals surface area contributed by atoms with Gasteiger partial charge in [0.05, 0.1) is 6.04 Å². The highest BCUT2D eigenvalue weighted by Crippen LogP contribution is 2.32. The molecule has 0 unspecified atom stereocenters. The molecule has 1 aromatic heterocycles. The van der Waals surface area contributed by atoms with Crippen molar-refractivity contribution in [3.63, 3.8) is 0 Å². The first-order valence-electron chi connectivity index (χ1n) is 8.95. The molecule has 7 heteroatoms. The van der Waals surface area contributed by atoms with E-state index in [2.05, 4.69) is 5.32 Å². The Morgan fingerprint density at radius 1 is 1.11 bits per heavy atom. The van der Waals surface area contributed by atoms with Crippen LogP contribution in [0.4, 0.5) is 0 Å². The lowest BCUT2D eigenvalue weighted by Crippen LogP contribution is -2.31. The van der Waals surface area contributed by atoms with Crippen molar-refractivity contribution in [2.24, 2.45) is 0 Å². The van der Waals surface area contributed by atoms with E-state index in [9.17, 15) is 9.59 Å². The summed E-state index contributed by atoms with van der Waals surface area (Å²) in [5.41, 5.74) is 0.883. The minimum absolute atomic E-state index is 0.258. The zero-order valence-corrected chi connectivity index (χ0v) is 16.1. The van der Waals surface area contributed by atoms with Crippen molar-refractivity contribution >= 4 is 33.3 Å². The van der Waals surface area contributed by atoms with Crippen molar-refractivity contribution in [2.75, 3.05) is 19.8 Å². The van der Waals surface area contributed by atoms with Gasteiger partial charge in [-0.25, -0.2) is 4.79 Å². The molecule has 0 bridgehead atoms. The monoisotopic (exact) mass is 397 g/mol. The summed E-state index contributed by atoms with van der Waals surface area (Å²) in [6.07, 6.45) is 0. The molecule has 0 radical (unpaired) electrons. The number of thiophene rings is 1. The van der Waals surface area contributed by atoms with E-state index in [-0.39, 0.29) is 18.6 Å². The van der Waals surface area contributed by atoms with Gasteiger partial charge in [-0.05, 0) is 42.1 Å². The van der Waals surface area contributed by atoms with E-state index in [0.717, 1.165) is 15.6 Å². The van der Waals surface area contributed by atoms with Crippen LogP contribution in [-0.4, -0.2) is 31.7 Å². The molecule has 0 saturated heterocycles. The summed E-state index contributed by atoms with van der Waals surface area (Å²) in [5, 5.41) is 3.81. The van der Waals surface area contributed by atoms with Crippen LogP contribution in [0.2, 0.25) is 0 Å². The fourth-order valence-corrected chi connectivity index (χ4v) is 3.94. The molecule has 28 heavy (non-hydrogen) atoms. The third-order valence-corrected chi connectivity index (χ3v) is 5.50. The summed E-state index contributed by atoms with van der Waals surface area (Å²) in [4.78, 5) is 24.9. The highest BCUT2D eigenvalue weighted by atomic mass is 32.1. The maximum absolute atomic E-state index is 12.2. The Morgan fingerprint density at radius 3 is 2.71 bits per heavy atom. The molecule has 3 aromatic rings. The maximum Gasteiger partial charge on any atom is 0.348 e. The van der Waals surface area contributed by atoms with Crippen LogP contribution in [0.1, 0.15) is 28.2 Å². The number of carbonyl (C=O) groups excluding carboxylic acids is 2. The Kier molecular flexibility index (Phi) is 5.16. The average Bonchev–Trinajstić information content (AvgIpc) is 3.16. The molecular weight excluding hydrogens is 378 g/mol. The van der Waals surface area contributed by atoms with Crippen LogP contribution in [0.15, 0.2) is 48.5 Å². The third kappa shape index (κ3) is 3.94. The van der Waals surface area contributed by atoms with Crippen LogP contribution in [0, 0.1) is 0 Å². The minimum atomic E-state index is -0.497. The van der Waals surface area contributed by atoms with Crippen molar-refractivity contribution in [2.45, 2.75) is 13.0 Å². The molecular formula is C21H19NO5S. The average molecular weight is 397 g/mol. The predicted octanol–water partition coefficient (Wildman–Crippen LogP) is 3.71. The lowest BCUT2D eigenvalue weighted by Gasteiger charge is -2.21. The van der Waals surface area contributed by atoms with Crippen LogP contribution in [-0.2, 0) is 9.53 Å². The Hall–Kier alpha value is -3.06. The zero-order valence-electron chi connectivity index (χ0n) is 15.3. The highest BCUT2D eigenvalue weighted by molar-refractivity contribution is 7.20. The van der Waals surface area contributed by atoms with Gasteiger partial charge in [-0.1, -0.05) is 24.3 Å². The Labute approximate surface area is 166 Å². The van der Waals surface area contributed by atoms with Crippen LogP contribution >= 0.6 is 11.3 Å². The Balaban J connectivity index is 1.33. The standard InChI is InChI=1S/C21H19NO5S/c1-13(14-6-7-16-17(10-14)26-9-8-25-16)22-20(23)12-27-21(24)19-11-15-4-2-3-5-18(15)28-19/h2-7,10-11,13H,8-9,12H2,1H3,(H,22,23)/t13-/m0/s1. The first kappa shape index (κ1) is 18.3. The topological polar surface area (TPSA) is 73.9 Å². The molecule has 1 atom stereocenters. The van der Waals surface area contributed by atoms with Crippen LogP contribution in [0.25, 0.3) is 10.1 Å². The molecule has 4 rings (SSSR count). The molecule has 1 N–H and O–H groups in total. The number of benzene rings is 2. The van der Waals surface area contributed by atoms with E-state index < -0.39 is 5.97 Å². The smallest absolute Gasteiger partial charge is 0.348 e. The number of carbonyl (C=O) groups is 2. The number of fused-ring (bicyclic) bond motifs is 2. The summed E-state index contributed by atoms with van der Waals surface area (Å²) in [6, 6.07) is 14.8. The molecule has 0 fully saturated rings. The van der Waals surface area contributed by atoms with Crippen LogP contribution in [0.5, 0.6) is 11.5 Å². The summed E-state index contributed by atoms with van der Waals surface area (Å²) < 4.78 is 17.2. The SMILES string of the molecule is C[C@H](NC(=O)COC(=O)c1cc2ccccc2s1)c1ccc2c(c1)OCCO2. The number of amides is 1. The summed E-state index contributed by atoms with van der Waals surface area (Å²) in [7, 11) is 0. The third-order valence-electron chi connectivity index (χ3n) is 4.40.